The van der Waals surface area contributed by atoms with Gasteiger partial charge in [0, 0.05) is 24.0 Å². The van der Waals surface area contributed by atoms with Crippen LogP contribution >= 0.6 is 12.4 Å². The number of hydrogen-bond donors (Lipinski definition) is 1. The lowest BCUT2D eigenvalue weighted by Crippen LogP contribution is -2.48. The highest BCUT2D eigenvalue weighted by Gasteiger charge is 2.35. The summed E-state index contributed by atoms with van der Waals surface area (Å²) in [4.78, 5) is 15.1. The molecule has 136 valence electrons. The Morgan fingerprint density at radius 1 is 1.38 bits per heavy atom. The van der Waals surface area contributed by atoms with Gasteiger partial charge in [-0.15, -0.1) is 12.4 Å². The number of anilines is 2. The maximum atomic E-state index is 12.7. The van der Waals surface area contributed by atoms with Gasteiger partial charge in [-0.05, 0) is 44.4 Å². The Kier molecular flexibility index (Phi) is 6.77. The molecule has 8 heteroatoms. The Morgan fingerprint density at radius 3 is 2.62 bits per heavy atom. The molecule has 1 heterocycles. The standard InChI is InChI=1S/C16H22F3N3O.ClH/c1-11(2)22(10-16(17,18)19)15(23)9-21-8-4-5-12-13(20)6-3-7-14(12)21;/h3,6-7,11H,4-5,8-10,20H2,1-2H3;1H. The van der Waals surface area contributed by atoms with Crippen LogP contribution in [0.4, 0.5) is 24.5 Å². The third-order valence-corrected chi connectivity index (χ3v) is 4.00. The van der Waals surface area contributed by atoms with E-state index in [9.17, 15) is 18.0 Å². The average Bonchev–Trinajstić information content (AvgIpc) is 2.44. The van der Waals surface area contributed by atoms with E-state index < -0.39 is 24.7 Å². The molecule has 1 aliphatic heterocycles. The fourth-order valence-corrected chi connectivity index (χ4v) is 2.90. The van der Waals surface area contributed by atoms with Gasteiger partial charge in [0.1, 0.15) is 6.54 Å². The Balaban J connectivity index is 0.00000288. The topological polar surface area (TPSA) is 49.6 Å². The predicted octanol–water partition coefficient (Wildman–Crippen LogP) is 3.24. The van der Waals surface area contributed by atoms with Gasteiger partial charge in [0.2, 0.25) is 5.91 Å². The Labute approximate surface area is 146 Å². The third-order valence-electron chi connectivity index (χ3n) is 4.00. The number of carbonyl (C=O) groups is 1. The van der Waals surface area contributed by atoms with Crippen molar-refractivity contribution in [3.05, 3.63) is 23.8 Å². The zero-order valence-corrected chi connectivity index (χ0v) is 14.6. The molecular formula is C16H23ClF3N3O. The zero-order chi connectivity index (χ0) is 17.2. The molecule has 0 saturated heterocycles. The van der Waals surface area contributed by atoms with Crippen LogP contribution in [-0.4, -0.2) is 42.7 Å². The number of nitrogens with two attached hydrogens (primary N) is 1. The van der Waals surface area contributed by atoms with Crippen LogP contribution in [0.1, 0.15) is 25.8 Å². The highest BCUT2D eigenvalue weighted by atomic mass is 35.5. The Morgan fingerprint density at radius 2 is 2.04 bits per heavy atom. The summed E-state index contributed by atoms with van der Waals surface area (Å²) in [6.07, 6.45) is -2.75. The average molecular weight is 366 g/mol. The van der Waals surface area contributed by atoms with E-state index in [1.165, 1.54) is 0 Å². The fourth-order valence-electron chi connectivity index (χ4n) is 2.90. The SMILES string of the molecule is CC(C)N(CC(F)(F)F)C(=O)CN1CCCc2c(N)cccc21.Cl. The number of halogens is 4. The van der Waals surface area contributed by atoms with Crippen LogP contribution in [0.2, 0.25) is 0 Å². The largest absolute Gasteiger partial charge is 0.406 e. The molecule has 0 unspecified atom stereocenters. The molecule has 0 radical (unpaired) electrons. The summed E-state index contributed by atoms with van der Waals surface area (Å²) in [6.45, 7) is 2.53. The lowest BCUT2D eigenvalue weighted by molar-refractivity contribution is -0.163. The molecule has 0 fully saturated rings. The van der Waals surface area contributed by atoms with Crippen molar-refractivity contribution in [2.24, 2.45) is 0 Å². The number of carbonyl (C=O) groups excluding carboxylic acids is 1. The van der Waals surface area contributed by atoms with Crippen molar-refractivity contribution < 1.29 is 18.0 Å². The Bertz CT molecular complexity index is 578. The number of amides is 1. The third kappa shape index (κ3) is 4.93. The summed E-state index contributed by atoms with van der Waals surface area (Å²) < 4.78 is 38.0. The van der Waals surface area contributed by atoms with Gasteiger partial charge in [-0.3, -0.25) is 4.79 Å². The number of hydrogen-bond acceptors (Lipinski definition) is 3. The summed E-state index contributed by atoms with van der Waals surface area (Å²) >= 11 is 0. The van der Waals surface area contributed by atoms with Gasteiger partial charge in [-0.1, -0.05) is 6.07 Å². The molecule has 4 nitrogen and oxygen atoms in total. The van der Waals surface area contributed by atoms with Gasteiger partial charge in [-0.2, -0.15) is 13.2 Å². The van der Waals surface area contributed by atoms with Crippen molar-refractivity contribution in [3.63, 3.8) is 0 Å². The quantitative estimate of drug-likeness (QED) is 0.833. The molecule has 1 aliphatic rings. The zero-order valence-electron chi connectivity index (χ0n) is 13.8. The van der Waals surface area contributed by atoms with Crippen LogP contribution in [0.3, 0.4) is 0 Å². The lowest BCUT2D eigenvalue weighted by atomic mass is 10.00. The second-order valence-electron chi connectivity index (χ2n) is 6.10. The molecule has 1 aromatic rings. The first kappa shape index (κ1) is 20.4. The molecule has 0 saturated carbocycles. The van der Waals surface area contributed by atoms with Crippen LogP contribution in [0.25, 0.3) is 0 Å². The van der Waals surface area contributed by atoms with E-state index in [1.807, 2.05) is 11.0 Å². The molecule has 0 spiro atoms. The monoisotopic (exact) mass is 365 g/mol. The van der Waals surface area contributed by atoms with E-state index in [1.54, 1.807) is 26.0 Å². The van der Waals surface area contributed by atoms with Gasteiger partial charge < -0.3 is 15.5 Å². The first-order chi connectivity index (χ1) is 10.7. The van der Waals surface area contributed by atoms with Gasteiger partial charge >= 0.3 is 6.18 Å². The lowest BCUT2D eigenvalue weighted by Gasteiger charge is -2.35. The smallest absolute Gasteiger partial charge is 0.398 e. The van der Waals surface area contributed by atoms with Crippen LogP contribution in [0.15, 0.2) is 18.2 Å². The van der Waals surface area contributed by atoms with Crippen molar-refractivity contribution in [2.45, 2.75) is 38.9 Å². The predicted molar refractivity (Wildman–Crippen MR) is 91.5 cm³/mol. The molecule has 0 bridgehead atoms. The van der Waals surface area contributed by atoms with E-state index in [2.05, 4.69) is 0 Å². The van der Waals surface area contributed by atoms with E-state index in [4.69, 9.17) is 5.73 Å². The van der Waals surface area contributed by atoms with Gasteiger partial charge in [-0.25, -0.2) is 0 Å². The molecule has 1 amide bonds. The number of alkyl halides is 3. The summed E-state index contributed by atoms with van der Waals surface area (Å²) in [5.41, 5.74) is 8.44. The van der Waals surface area contributed by atoms with Crippen LogP contribution < -0.4 is 10.6 Å². The maximum absolute atomic E-state index is 12.7. The summed E-state index contributed by atoms with van der Waals surface area (Å²) in [6, 6.07) is 4.96. The molecule has 0 aliphatic carbocycles. The highest BCUT2D eigenvalue weighted by molar-refractivity contribution is 5.85. The summed E-state index contributed by atoms with van der Waals surface area (Å²) in [7, 11) is 0. The summed E-state index contributed by atoms with van der Waals surface area (Å²) in [5.74, 6) is -0.521. The normalized spacial score (nSPS) is 14.2. The van der Waals surface area contributed by atoms with Crippen LogP contribution in [0.5, 0.6) is 0 Å². The molecular weight excluding hydrogens is 343 g/mol. The van der Waals surface area contributed by atoms with Gasteiger partial charge in [0.05, 0.1) is 6.54 Å². The molecule has 24 heavy (non-hydrogen) atoms. The number of nitrogen functional groups attached to an aromatic ring is 1. The Hall–Kier alpha value is -1.63. The van der Waals surface area contributed by atoms with Gasteiger partial charge in [0.25, 0.3) is 0 Å². The molecule has 2 N–H and O–H groups in total. The number of benzene rings is 1. The van der Waals surface area contributed by atoms with E-state index >= 15 is 0 Å². The van der Waals surface area contributed by atoms with Crippen molar-refractivity contribution in [3.8, 4) is 0 Å². The van der Waals surface area contributed by atoms with E-state index in [0.717, 1.165) is 29.0 Å². The maximum Gasteiger partial charge on any atom is 0.406 e. The highest BCUT2D eigenvalue weighted by Crippen LogP contribution is 2.31. The molecule has 0 aromatic heterocycles. The minimum atomic E-state index is -4.40. The second-order valence-corrected chi connectivity index (χ2v) is 6.10. The minimum Gasteiger partial charge on any atom is -0.398 e. The molecule has 1 aromatic carbocycles. The van der Waals surface area contributed by atoms with E-state index in [-0.39, 0.29) is 19.0 Å². The van der Waals surface area contributed by atoms with Crippen LogP contribution in [0, 0.1) is 0 Å². The van der Waals surface area contributed by atoms with Crippen molar-refractivity contribution in [1.82, 2.24) is 4.90 Å². The summed E-state index contributed by atoms with van der Waals surface area (Å²) in [5, 5.41) is 0. The van der Waals surface area contributed by atoms with Crippen molar-refractivity contribution in [1.29, 1.82) is 0 Å². The number of nitrogens with zero attached hydrogens (tertiary/aromatic N) is 2. The second kappa shape index (κ2) is 7.96. The first-order valence-corrected chi connectivity index (χ1v) is 7.67. The van der Waals surface area contributed by atoms with E-state index in [0.29, 0.717) is 12.2 Å². The first-order valence-electron chi connectivity index (χ1n) is 7.67. The van der Waals surface area contributed by atoms with Gasteiger partial charge in [0.15, 0.2) is 0 Å². The molecule has 0 atom stereocenters. The number of rotatable bonds is 4. The number of fused-ring (bicyclic) bond motifs is 1. The fraction of sp³-hybridized carbons (Fsp3) is 0.562. The minimum absolute atomic E-state index is 0. The molecule has 2 rings (SSSR count). The van der Waals surface area contributed by atoms with Crippen molar-refractivity contribution in [2.75, 3.05) is 30.3 Å². The van der Waals surface area contributed by atoms with Crippen LogP contribution in [-0.2, 0) is 11.2 Å². The van der Waals surface area contributed by atoms with Crippen molar-refractivity contribution >= 4 is 29.7 Å².